The Morgan fingerprint density at radius 1 is 1.73 bits per heavy atom. The number of ether oxygens (including phenoxy) is 1. The van der Waals surface area contributed by atoms with Gasteiger partial charge in [-0.1, -0.05) is 11.6 Å². The predicted molar refractivity (Wildman–Crippen MR) is 56.7 cm³/mol. The topological polar surface area (TPSA) is 52.3 Å². The van der Waals surface area contributed by atoms with E-state index in [4.69, 9.17) is 33.7 Å². The van der Waals surface area contributed by atoms with Gasteiger partial charge in [0.05, 0.1) is 5.38 Å². The van der Waals surface area contributed by atoms with E-state index in [0.717, 1.165) is 0 Å². The monoisotopic (exact) mass is 253 g/mol. The number of hydrogen-bond acceptors (Lipinski definition) is 2. The molecule has 84 valence electrons. The summed E-state index contributed by atoms with van der Waals surface area (Å²) < 4.78 is 17.9. The molecule has 0 aromatic rings. The Kier molecular flexibility index (Phi) is 3.99. The van der Waals surface area contributed by atoms with E-state index in [1.807, 2.05) is 0 Å². The number of carbonyl (C=O) groups is 1. The molecule has 1 aliphatic rings. The zero-order valence-corrected chi connectivity index (χ0v) is 9.43. The minimum atomic E-state index is -1.34. The van der Waals surface area contributed by atoms with Crippen LogP contribution in [-0.2, 0) is 4.74 Å². The van der Waals surface area contributed by atoms with Crippen LogP contribution in [0.25, 0.3) is 0 Å². The molecule has 1 aliphatic carbocycles. The zero-order chi connectivity index (χ0) is 11.6. The summed E-state index contributed by atoms with van der Waals surface area (Å²) in [5, 5.41) is -0.658. The summed E-state index contributed by atoms with van der Waals surface area (Å²) in [6, 6.07) is 0. The average Bonchev–Trinajstić information content (AvgIpc) is 2.11. The number of alkyl halides is 2. The van der Waals surface area contributed by atoms with Crippen LogP contribution in [0.4, 0.5) is 9.18 Å². The molecule has 0 aliphatic heterocycles. The Morgan fingerprint density at radius 2 is 2.33 bits per heavy atom. The first-order chi connectivity index (χ1) is 6.93. The highest BCUT2D eigenvalue weighted by Gasteiger charge is 2.31. The third-order valence-corrected chi connectivity index (χ3v) is 2.83. The van der Waals surface area contributed by atoms with Crippen LogP contribution in [0.2, 0.25) is 0 Å². The van der Waals surface area contributed by atoms with Gasteiger partial charge in [-0.3, -0.25) is 0 Å². The third-order valence-electron chi connectivity index (χ3n) is 2.01. The molecule has 6 heteroatoms. The van der Waals surface area contributed by atoms with E-state index in [-0.39, 0.29) is 5.03 Å². The highest BCUT2D eigenvalue weighted by Crippen LogP contribution is 2.31. The summed E-state index contributed by atoms with van der Waals surface area (Å²) in [5.41, 5.74) is 5.17. The predicted octanol–water partition coefficient (Wildman–Crippen LogP) is 2.48. The van der Waals surface area contributed by atoms with Gasteiger partial charge >= 0.3 is 6.09 Å². The number of amides is 1. The molecule has 0 spiro atoms. The van der Waals surface area contributed by atoms with Gasteiger partial charge in [-0.2, -0.15) is 0 Å². The number of carbonyl (C=O) groups excluding carboxylic acids is 1. The van der Waals surface area contributed by atoms with E-state index in [1.165, 1.54) is 19.1 Å². The first kappa shape index (κ1) is 12.3. The molecule has 3 atom stereocenters. The highest BCUT2D eigenvalue weighted by atomic mass is 35.5. The molecule has 2 N–H and O–H groups in total. The van der Waals surface area contributed by atoms with Crippen molar-refractivity contribution in [3.63, 3.8) is 0 Å². The Bertz CT molecular complexity index is 330. The van der Waals surface area contributed by atoms with Gasteiger partial charge in [-0.25, -0.2) is 9.18 Å². The van der Waals surface area contributed by atoms with Crippen LogP contribution in [0.5, 0.6) is 0 Å². The van der Waals surface area contributed by atoms with Gasteiger partial charge in [0.1, 0.15) is 12.3 Å². The van der Waals surface area contributed by atoms with Crippen LogP contribution < -0.4 is 5.73 Å². The maximum Gasteiger partial charge on any atom is 0.405 e. The molecular weight excluding hydrogens is 244 g/mol. The molecule has 0 aromatic heterocycles. The van der Waals surface area contributed by atoms with Crippen molar-refractivity contribution >= 4 is 29.3 Å². The fourth-order valence-corrected chi connectivity index (χ4v) is 2.11. The van der Waals surface area contributed by atoms with Crippen molar-refractivity contribution in [1.82, 2.24) is 0 Å². The second-order valence-corrected chi connectivity index (χ2v) is 3.97. The van der Waals surface area contributed by atoms with Crippen molar-refractivity contribution in [1.29, 1.82) is 0 Å². The maximum atomic E-state index is 13.2. The van der Waals surface area contributed by atoms with Gasteiger partial charge < -0.3 is 10.5 Å². The van der Waals surface area contributed by atoms with Crippen LogP contribution in [0, 0.1) is 0 Å². The van der Waals surface area contributed by atoms with Crippen LogP contribution >= 0.6 is 23.2 Å². The SMILES string of the molecule is CC(OC(N)=O)C1=C(Cl)C=CC(F)C1Cl. The summed E-state index contributed by atoms with van der Waals surface area (Å²) in [6.07, 6.45) is -0.390. The molecule has 0 bridgehead atoms. The molecule has 3 nitrogen and oxygen atoms in total. The van der Waals surface area contributed by atoms with Crippen molar-refractivity contribution in [3.8, 4) is 0 Å². The van der Waals surface area contributed by atoms with Crippen LogP contribution in [-0.4, -0.2) is 23.7 Å². The van der Waals surface area contributed by atoms with E-state index in [0.29, 0.717) is 5.57 Å². The molecule has 0 aromatic carbocycles. The maximum absolute atomic E-state index is 13.2. The number of allylic oxidation sites excluding steroid dienone is 3. The molecule has 0 fully saturated rings. The molecule has 0 saturated heterocycles. The zero-order valence-electron chi connectivity index (χ0n) is 7.91. The minimum absolute atomic E-state index is 0.276. The fraction of sp³-hybridized carbons (Fsp3) is 0.444. The molecule has 0 saturated carbocycles. The molecule has 3 unspecified atom stereocenters. The lowest BCUT2D eigenvalue weighted by molar-refractivity contribution is 0.129. The van der Waals surface area contributed by atoms with Gasteiger partial charge in [0, 0.05) is 10.6 Å². The quantitative estimate of drug-likeness (QED) is 0.769. The van der Waals surface area contributed by atoms with Crippen LogP contribution in [0.1, 0.15) is 6.92 Å². The van der Waals surface area contributed by atoms with Gasteiger partial charge in [0.15, 0.2) is 0 Å². The van der Waals surface area contributed by atoms with Crippen molar-refractivity contribution in [3.05, 3.63) is 22.8 Å². The van der Waals surface area contributed by atoms with Gasteiger partial charge in [-0.15, -0.1) is 11.6 Å². The number of primary amides is 1. The molecule has 0 radical (unpaired) electrons. The smallest absolute Gasteiger partial charge is 0.405 e. The second-order valence-electron chi connectivity index (χ2n) is 3.09. The third kappa shape index (κ3) is 2.86. The normalized spacial score (nSPS) is 27.7. The van der Waals surface area contributed by atoms with Gasteiger partial charge in [-0.05, 0) is 19.1 Å². The second kappa shape index (κ2) is 4.86. The first-order valence-electron chi connectivity index (χ1n) is 4.25. The van der Waals surface area contributed by atoms with Crippen molar-refractivity contribution < 1.29 is 13.9 Å². The average molecular weight is 254 g/mol. The largest absolute Gasteiger partial charge is 0.442 e. The first-order valence-corrected chi connectivity index (χ1v) is 5.07. The summed E-state index contributed by atoms with van der Waals surface area (Å²) in [5.74, 6) is 0. The molecule has 1 amide bonds. The molecule has 15 heavy (non-hydrogen) atoms. The van der Waals surface area contributed by atoms with Crippen molar-refractivity contribution in [2.45, 2.75) is 24.6 Å². The number of hydrogen-bond donors (Lipinski definition) is 1. The lowest BCUT2D eigenvalue weighted by Crippen LogP contribution is -2.31. The molecule has 1 rings (SSSR count). The summed E-state index contributed by atoms with van der Waals surface area (Å²) in [7, 11) is 0. The number of nitrogens with two attached hydrogens (primary N) is 1. The fourth-order valence-electron chi connectivity index (χ4n) is 1.33. The Hall–Kier alpha value is -0.740. The summed E-state index contributed by atoms with van der Waals surface area (Å²) >= 11 is 11.6. The van der Waals surface area contributed by atoms with Gasteiger partial charge in [0.25, 0.3) is 0 Å². The Labute approximate surface area is 96.7 Å². The number of halogens is 3. The molecule has 0 heterocycles. The van der Waals surface area contributed by atoms with Crippen molar-refractivity contribution in [2.75, 3.05) is 0 Å². The Morgan fingerprint density at radius 3 is 2.87 bits per heavy atom. The number of rotatable bonds is 2. The summed E-state index contributed by atoms with van der Waals surface area (Å²) in [4.78, 5) is 10.5. The highest BCUT2D eigenvalue weighted by molar-refractivity contribution is 6.33. The lowest BCUT2D eigenvalue weighted by Gasteiger charge is -2.25. The van der Waals surface area contributed by atoms with E-state index in [1.54, 1.807) is 0 Å². The molecular formula is C9H10Cl2FNO2. The van der Waals surface area contributed by atoms with E-state index < -0.39 is 23.7 Å². The Balaban J connectivity index is 2.90. The minimum Gasteiger partial charge on any atom is -0.442 e. The van der Waals surface area contributed by atoms with Gasteiger partial charge in [0.2, 0.25) is 0 Å². The standard InChI is InChI=1S/C9H10Cl2FNO2/c1-4(15-9(13)14)7-5(10)2-3-6(12)8(7)11/h2-4,6,8H,1H3,(H2,13,14). The van der Waals surface area contributed by atoms with E-state index in [2.05, 4.69) is 0 Å². The van der Waals surface area contributed by atoms with E-state index >= 15 is 0 Å². The van der Waals surface area contributed by atoms with Crippen LogP contribution in [0.15, 0.2) is 22.8 Å². The van der Waals surface area contributed by atoms with Crippen LogP contribution in [0.3, 0.4) is 0 Å². The lowest BCUT2D eigenvalue weighted by atomic mass is 9.98. The van der Waals surface area contributed by atoms with E-state index in [9.17, 15) is 9.18 Å². The van der Waals surface area contributed by atoms with Crippen molar-refractivity contribution in [2.24, 2.45) is 5.73 Å². The summed E-state index contributed by atoms with van der Waals surface area (Å²) in [6.45, 7) is 1.53.